The molecule has 0 aliphatic heterocycles. The molecule has 4 rings (SSSR count). The van der Waals surface area contributed by atoms with Gasteiger partial charge in [-0.2, -0.15) is 0 Å². The van der Waals surface area contributed by atoms with Gasteiger partial charge in [-0.25, -0.2) is 15.0 Å². The highest BCUT2D eigenvalue weighted by atomic mass is 15.1. The fourth-order valence-electron chi connectivity index (χ4n) is 5.34. The molecule has 0 spiro atoms. The van der Waals surface area contributed by atoms with E-state index in [9.17, 15) is 0 Å². The fourth-order valence-corrected chi connectivity index (χ4v) is 5.34. The van der Waals surface area contributed by atoms with E-state index in [4.69, 9.17) is 19.9 Å². The van der Waals surface area contributed by atoms with Gasteiger partial charge in [-0.1, -0.05) is 95.2 Å². The Kier molecular flexibility index (Phi) is 6.46. The first-order valence-electron chi connectivity index (χ1n) is 13.9. The second-order valence-corrected chi connectivity index (χ2v) is 13.8. The molecule has 2 aromatic heterocycles. The maximum Gasteiger partial charge on any atom is 0.164 e. The summed E-state index contributed by atoms with van der Waals surface area (Å²) in [5.41, 5.74) is 6.01. The molecule has 198 valence electrons. The van der Waals surface area contributed by atoms with Crippen molar-refractivity contribution in [2.24, 2.45) is 5.41 Å². The lowest BCUT2D eigenvalue weighted by atomic mass is 9.59. The van der Waals surface area contributed by atoms with Crippen LogP contribution in [0.4, 0.5) is 0 Å². The molecule has 0 saturated carbocycles. The van der Waals surface area contributed by atoms with Crippen LogP contribution in [0.25, 0.3) is 22.6 Å². The molecule has 0 bridgehead atoms. The van der Waals surface area contributed by atoms with E-state index in [0.29, 0.717) is 5.82 Å². The highest BCUT2D eigenvalue weighted by molar-refractivity contribution is 5.66. The Labute approximate surface area is 224 Å². The summed E-state index contributed by atoms with van der Waals surface area (Å²) in [5, 5.41) is 0. The van der Waals surface area contributed by atoms with Crippen molar-refractivity contribution in [3.8, 4) is 22.6 Å². The van der Waals surface area contributed by atoms with Crippen LogP contribution in [0.3, 0.4) is 0 Å². The average Bonchev–Trinajstić information content (AvgIpc) is 2.97. The lowest BCUT2D eigenvalue weighted by molar-refractivity contribution is 0.125. The molecule has 0 atom stereocenters. The minimum absolute atomic E-state index is 0.0671. The molecule has 4 nitrogen and oxygen atoms in total. The molecule has 0 saturated heterocycles. The van der Waals surface area contributed by atoms with Gasteiger partial charge in [0.2, 0.25) is 0 Å². The molecule has 0 N–H and O–H groups in total. The average molecular weight is 499 g/mol. The minimum atomic E-state index is -0.123. The van der Waals surface area contributed by atoms with Crippen molar-refractivity contribution < 1.29 is 0 Å². The maximum atomic E-state index is 4.94. The van der Waals surface area contributed by atoms with Gasteiger partial charge >= 0.3 is 0 Å². The lowest BCUT2D eigenvalue weighted by Crippen LogP contribution is -2.42. The van der Waals surface area contributed by atoms with Crippen LogP contribution in [0, 0.1) is 5.41 Å². The number of nitrogens with zero attached hydrogens (tertiary/aromatic N) is 4. The van der Waals surface area contributed by atoms with Crippen molar-refractivity contribution in [2.75, 3.05) is 0 Å². The number of rotatable bonds is 6. The van der Waals surface area contributed by atoms with Crippen molar-refractivity contribution in [1.29, 1.82) is 0 Å². The molecule has 1 aromatic carbocycles. The summed E-state index contributed by atoms with van der Waals surface area (Å²) in [4.78, 5) is 19.7. The summed E-state index contributed by atoms with van der Waals surface area (Å²) in [6.45, 7) is 27.5. The summed E-state index contributed by atoms with van der Waals surface area (Å²) in [6.07, 6.45) is 3.84. The molecule has 2 heterocycles. The number of hydrogen-bond acceptors (Lipinski definition) is 4. The number of fused-ring (bicyclic) bond motifs is 1. The van der Waals surface area contributed by atoms with E-state index in [-0.39, 0.29) is 27.1 Å². The van der Waals surface area contributed by atoms with E-state index in [1.54, 1.807) is 0 Å². The van der Waals surface area contributed by atoms with Crippen LogP contribution in [0.5, 0.6) is 0 Å². The van der Waals surface area contributed by atoms with Gasteiger partial charge in [0.25, 0.3) is 0 Å². The Bertz CT molecular complexity index is 1280. The number of aromatic nitrogens is 4. The molecule has 3 aromatic rings. The van der Waals surface area contributed by atoms with Gasteiger partial charge in [0.15, 0.2) is 5.82 Å². The minimum Gasteiger partial charge on any atom is -0.255 e. The van der Waals surface area contributed by atoms with Crippen LogP contribution in [-0.2, 0) is 21.7 Å². The smallest absolute Gasteiger partial charge is 0.164 e. The van der Waals surface area contributed by atoms with Crippen molar-refractivity contribution in [3.63, 3.8) is 0 Å². The first kappa shape index (κ1) is 27.4. The van der Waals surface area contributed by atoms with Gasteiger partial charge < -0.3 is 0 Å². The van der Waals surface area contributed by atoms with E-state index in [0.717, 1.165) is 41.3 Å². The summed E-state index contributed by atoms with van der Waals surface area (Å²) in [5.74, 6) is 2.42. The third-order valence-corrected chi connectivity index (χ3v) is 10.4. The standard InChI is InChI=1S/C33H46N4/c1-13-29(3,4)27-35-26(36-28(37-27)30(5,6)14-2)22-16-18-25(34-20-22)21-15-17-23-24(19-21)32(9,10)33(11,12)31(23,7)8/h15-20H,13-14H2,1-12H3. The van der Waals surface area contributed by atoms with Crippen LogP contribution in [-0.4, -0.2) is 19.9 Å². The highest BCUT2D eigenvalue weighted by Crippen LogP contribution is 2.61. The van der Waals surface area contributed by atoms with E-state index in [2.05, 4.69) is 113 Å². The summed E-state index contributed by atoms with van der Waals surface area (Å²) in [6, 6.07) is 11.1. The monoisotopic (exact) mass is 498 g/mol. The molecule has 1 aliphatic carbocycles. The highest BCUT2D eigenvalue weighted by Gasteiger charge is 2.56. The molecular formula is C33H46N4. The predicted octanol–water partition coefficient (Wildman–Crippen LogP) is 8.57. The van der Waals surface area contributed by atoms with Crippen molar-refractivity contribution in [2.45, 2.75) is 118 Å². The van der Waals surface area contributed by atoms with Crippen molar-refractivity contribution >= 4 is 0 Å². The van der Waals surface area contributed by atoms with Crippen molar-refractivity contribution in [3.05, 3.63) is 59.3 Å². The SMILES string of the molecule is CCC(C)(C)c1nc(-c2ccc(-c3ccc4c(c3)C(C)(C)C(C)(C)C4(C)C)nc2)nc(C(C)(C)CC)n1. The Morgan fingerprint density at radius 1 is 0.649 bits per heavy atom. The van der Waals surface area contributed by atoms with Gasteiger partial charge in [0.1, 0.15) is 11.6 Å². The van der Waals surface area contributed by atoms with E-state index in [1.165, 1.54) is 11.1 Å². The zero-order chi connectivity index (χ0) is 27.6. The molecule has 4 heteroatoms. The van der Waals surface area contributed by atoms with E-state index < -0.39 is 0 Å². The van der Waals surface area contributed by atoms with Crippen molar-refractivity contribution in [1.82, 2.24) is 19.9 Å². The topological polar surface area (TPSA) is 51.6 Å². The molecule has 37 heavy (non-hydrogen) atoms. The largest absolute Gasteiger partial charge is 0.255 e. The quantitative estimate of drug-likeness (QED) is 0.341. The van der Waals surface area contributed by atoms with Crippen LogP contribution in [0.1, 0.15) is 119 Å². The van der Waals surface area contributed by atoms with Crippen LogP contribution >= 0.6 is 0 Å². The second-order valence-electron chi connectivity index (χ2n) is 13.8. The van der Waals surface area contributed by atoms with E-state index >= 15 is 0 Å². The van der Waals surface area contributed by atoms with Gasteiger partial charge in [-0.15, -0.1) is 0 Å². The lowest BCUT2D eigenvalue weighted by Gasteiger charge is -2.44. The van der Waals surface area contributed by atoms with Gasteiger partial charge in [0, 0.05) is 28.2 Å². The third-order valence-electron chi connectivity index (χ3n) is 10.4. The number of pyridine rings is 1. The molecule has 0 unspecified atom stereocenters. The molecular weight excluding hydrogens is 452 g/mol. The molecule has 0 amide bonds. The van der Waals surface area contributed by atoms with Crippen LogP contribution < -0.4 is 0 Å². The Hall–Kier alpha value is -2.62. The first-order valence-corrected chi connectivity index (χ1v) is 13.9. The first-order chi connectivity index (χ1) is 17.0. The Balaban J connectivity index is 1.76. The van der Waals surface area contributed by atoms with Gasteiger partial charge in [0.05, 0.1) is 5.69 Å². The Morgan fingerprint density at radius 3 is 1.65 bits per heavy atom. The summed E-state index contributed by atoms with van der Waals surface area (Å²) < 4.78 is 0. The summed E-state index contributed by atoms with van der Waals surface area (Å²) in [7, 11) is 0. The number of hydrogen-bond donors (Lipinski definition) is 0. The van der Waals surface area contributed by atoms with E-state index in [1.807, 2.05) is 6.20 Å². The predicted molar refractivity (Wildman–Crippen MR) is 155 cm³/mol. The molecule has 0 radical (unpaired) electrons. The normalized spacial score (nSPS) is 18.1. The fraction of sp³-hybridized carbons (Fsp3) is 0.576. The molecule has 1 aliphatic rings. The Morgan fingerprint density at radius 2 is 1.16 bits per heavy atom. The zero-order valence-corrected chi connectivity index (χ0v) is 25.2. The van der Waals surface area contributed by atoms with Gasteiger partial charge in [-0.3, -0.25) is 4.98 Å². The number of benzene rings is 1. The third kappa shape index (κ3) is 4.21. The summed E-state index contributed by atoms with van der Waals surface area (Å²) >= 11 is 0. The van der Waals surface area contributed by atoms with Gasteiger partial charge in [-0.05, 0) is 58.4 Å². The zero-order valence-electron chi connectivity index (χ0n) is 25.2. The second kappa shape index (κ2) is 8.71. The maximum absolute atomic E-state index is 4.94. The van der Waals surface area contributed by atoms with Crippen LogP contribution in [0.2, 0.25) is 0 Å². The van der Waals surface area contributed by atoms with Crippen LogP contribution in [0.15, 0.2) is 36.5 Å². The molecule has 0 fully saturated rings.